The van der Waals surface area contributed by atoms with Crippen LogP contribution in [-0.2, 0) is 17.6 Å². The van der Waals surface area contributed by atoms with Crippen molar-refractivity contribution in [3.05, 3.63) is 70.3 Å². The Hall–Kier alpha value is -2.09. The zero-order chi connectivity index (χ0) is 15.9. The molecule has 0 unspecified atom stereocenters. The van der Waals surface area contributed by atoms with Crippen molar-refractivity contribution in [3.63, 3.8) is 0 Å². The number of aryl methyl sites for hydroxylation is 4. The van der Waals surface area contributed by atoms with Crippen molar-refractivity contribution in [2.45, 2.75) is 40.0 Å². The van der Waals surface area contributed by atoms with Gasteiger partial charge in [0.05, 0.1) is 6.42 Å². The van der Waals surface area contributed by atoms with Gasteiger partial charge in [0.2, 0.25) is 5.91 Å². The molecule has 0 bridgehead atoms. The van der Waals surface area contributed by atoms with Crippen molar-refractivity contribution in [2.24, 2.45) is 0 Å². The molecule has 1 N–H and O–H groups in total. The molecule has 1 amide bonds. The number of benzene rings is 2. The molecule has 0 saturated heterocycles. The van der Waals surface area contributed by atoms with Gasteiger partial charge in [0.15, 0.2) is 0 Å². The van der Waals surface area contributed by atoms with Crippen molar-refractivity contribution < 1.29 is 4.79 Å². The van der Waals surface area contributed by atoms with Crippen LogP contribution in [0.2, 0.25) is 0 Å². The highest BCUT2D eigenvalue weighted by Crippen LogP contribution is 2.11. The fraction of sp³-hybridized carbons (Fsp3) is 0.350. The average molecular weight is 295 g/mol. The molecule has 2 aromatic carbocycles. The molecule has 2 heteroatoms. The van der Waals surface area contributed by atoms with Crippen LogP contribution >= 0.6 is 0 Å². The molecule has 116 valence electrons. The van der Waals surface area contributed by atoms with Crippen LogP contribution < -0.4 is 5.32 Å². The smallest absolute Gasteiger partial charge is 0.224 e. The van der Waals surface area contributed by atoms with E-state index in [4.69, 9.17) is 0 Å². The third kappa shape index (κ3) is 5.03. The van der Waals surface area contributed by atoms with Crippen LogP contribution in [0.15, 0.2) is 42.5 Å². The normalized spacial score (nSPS) is 10.5. The summed E-state index contributed by atoms with van der Waals surface area (Å²) < 4.78 is 0. The summed E-state index contributed by atoms with van der Waals surface area (Å²) in [5, 5.41) is 3.02. The van der Waals surface area contributed by atoms with Crippen LogP contribution in [0.1, 0.15) is 34.2 Å². The van der Waals surface area contributed by atoms with E-state index in [9.17, 15) is 4.79 Å². The van der Waals surface area contributed by atoms with Crippen LogP contribution in [0.5, 0.6) is 0 Å². The summed E-state index contributed by atoms with van der Waals surface area (Å²) in [7, 11) is 0. The van der Waals surface area contributed by atoms with Crippen LogP contribution in [0.3, 0.4) is 0 Å². The highest BCUT2D eigenvalue weighted by Gasteiger charge is 2.05. The number of carbonyl (C=O) groups is 1. The van der Waals surface area contributed by atoms with E-state index in [0.29, 0.717) is 6.42 Å². The van der Waals surface area contributed by atoms with E-state index in [0.717, 1.165) is 24.9 Å². The fourth-order valence-electron chi connectivity index (χ4n) is 2.67. The first-order valence-corrected chi connectivity index (χ1v) is 7.93. The maximum atomic E-state index is 12.0. The minimum Gasteiger partial charge on any atom is -0.356 e. The Morgan fingerprint density at radius 3 is 2.50 bits per heavy atom. The van der Waals surface area contributed by atoms with Crippen molar-refractivity contribution in [3.8, 4) is 0 Å². The SMILES string of the molecule is Cc1cccc(CCCNC(=O)Cc2ccc(C)cc2C)c1. The molecule has 2 rings (SSSR count). The number of hydrogen-bond acceptors (Lipinski definition) is 1. The number of nitrogens with one attached hydrogen (secondary N) is 1. The van der Waals surface area contributed by atoms with E-state index >= 15 is 0 Å². The fourth-order valence-corrected chi connectivity index (χ4v) is 2.67. The molecule has 0 aliphatic carbocycles. The maximum absolute atomic E-state index is 12.0. The van der Waals surface area contributed by atoms with Gasteiger partial charge in [-0.25, -0.2) is 0 Å². The summed E-state index contributed by atoms with van der Waals surface area (Å²) in [6.45, 7) is 6.97. The molecular formula is C20H25NO. The van der Waals surface area contributed by atoms with Crippen molar-refractivity contribution >= 4 is 5.91 Å². The number of amides is 1. The Morgan fingerprint density at radius 1 is 1.00 bits per heavy atom. The third-order valence-corrected chi connectivity index (χ3v) is 3.90. The van der Waals surface area contributed by atoms with Gasteiger partial charge in [-0.2, -0.15) is 0 Å². The zero-order valence-electron chi connectivity index (χ0n) is 13.8. The molecule has 0 aromatic heterocycles. The highest BCUT2D eigenvalue weighted by molar-refractivity contribution is 5.78. The van der Waals surface area contributed by atoms with E-state index in [1.54, 1.807) is 0 Å². The summed E-state index contributed by atoms with van der Waals surface area (Å²) in [4.78, 5) is 12.0. The topological polar surface area (TPSA) is 29.1 Å². The summed E-state index contributed by atoms with van der Waals surface area (Å²) in [6, 6.07) is 14.8. The van der Waals surface area contributed by atoms with Crippen LogP contribution in [-0.4, -0.2) is 12.5 Å². The molecule has 22 heavy (non-hydrogen) atoms. The minimum absolute atomic E-state index is 0.108. The van der Waals surface area contributed by atoms with Gasteiger partial charge >= 0.3 is 0 Å². The van der Waals surface area contributed by atoms with E-state index in [1.807, 2.05) is 0 Å². The molecule has 2 nitrogen and oxygen atoms in total. The summed E-state index contributed by atoms with van der Waals surface area (Å²) in [5.74, 6) is 0.108. The second-order valence-electron chi connectivity index (χ2n) is 6.05. The molecule has 0 atom stereocenters. The molecule has 2 aromatic rings. The van der Waals surface area contributed by atoms with Crippen molar-refractivity contribution in [1.29, 1.82) is 0 Å². The Kier molecular flexibility index (Phi) is 5.76. The quantitative estimate of drug-likeness (QED) is 0.805. The monoisotopic (exact) mass is 295 g/mol. The molecule has 0 radical (unpaired) electrons. The van der Waals surface area contributed by atoms with Gasteiger partial charge in [-0.1, -0.05) is 53.6 Å². The largest absolute Gasteiger partial charge is 0.356 e. The van der Waals surface area contributed by atoms with Crippen molar-refractivity contribution in [2.75, 3.05) is 6.54 Å². The van der Waals surface area contributed by atoms with Gasteiger partial charge < -0.3 is 5.32 Å². The number of carbonyl (C=O) groups excluding carboxylic acids is 1. The lowest BCUT2D eigenvalue weighted by Gasteiger charge is -2.08. The Morgan fingerprint density at radius 2 is 1.77 bits per heavy atom. The first kappa shape index (κ1) is 16.3. The van der Waals surface area contributed by atoms with Gasteiger partial charge in [0, 0.05) is 6.54 Å². The van der Waals surface area contributed by atoms with Crippen molar-refractivity contribution in [1.82, 2.24) is 5.32 Å². The number of rotatable bonds is 6. The lowest BCUT2D eigenvalue weighted by Crippen LogP contribution is -2.26. The Bertz CT molecular complexity index is 646. The third-order valence-electron chi connectivity index (χ3n) is 3.90. The predicted octanol–water partition coefficient (Wildman–Crippen LogP) is 3.90. The van der Waals surface area contributed by atoms with Gasteiger partial charge in [0.1, 0.15) is 0 Å². The van der Waals surface area contributed by atoms with E-state index in [-0.39, 0.29) is 5.91 Å². The van der Waals surface area contributed by atoms with E-state index < -0.39 is 0 Å². The summed E-state index contributed by atoms with van der Waals surface area (Å²) in [6.07, 6.45) is 2.45. The highest BCUT2D eigenvalue weighted by atomic mass is 16.1. The van der Waals surface area contributed by atoms with E-state index in [1.165, 1.54) is 22.3 Å². The lowest BCUT2D eigenvalue weighted by molar-refractivity contribution is -0.120. The first-order chi connectivity index (χ1) is 10.5. The molecule has 0 heterocycles. The standard InChI is InChI=1S/C20H25NO/c1-15-6-4-7-18(13-15)8-5-11-21-20(22)14-19-10-9-16(2)12-17(19)3/h4,6-7,9-10,12-13H,5,8,11,14H2,1-3H3,(H,21,22). The second kappa shape index (κ2) is 7.79. The molecule has 0 saturated carbocycles. The van der Waals surface area contributed by atoms with Gasteiger partial charge in [-0.15, -0.1) is 0 Å². The molecule has 0 fully saturated rings. The van der Waals surface area contributed by atoms with Gasteiger partial charge in [-0.05, 0) is 50.3 Å². The predicted molar refractivity (Wildman–Crippen MR) is 92.1 cm³/mol. The van der Waals surface area contributed by atoms with Crippen LogP contribution in [0.4, 0.5) is 0 Å². The van der Waals surface area contributed by atoms with Crippen LogP contribution in [0, 0.1) is 20.8 Å². The molecule has 0 spiro atoms. The summed E-state index contributed by atoms with van der Waals surface area (Å²) in [5.41, 5.74) is 6.16. The summed E-state index contributed by atoms with van der Waals surface area (Å²) >= 11 is 0. The van der Waals surface area contributed by atoms with Crippen LogP contribution in [0.25, 0.3) is 0 Å². The minimum atomic E-state index is 0.108. The lowest BCUT2D eigenvalue weighted by atomic mass is 10.0. The maximum Gasteiger partial charge on any atom is 0.224 e. The zero-order valence-corrected chi connectivity index (χ0v) is 13.8. The average Bonchev–Trinajstić information content (AvgIpc) is 2.47. The van der Waals surface area contributed by atoms with E-state index in [2.05, 4.69) is 68.6 Å². The first-order valence-electron chi connectivity index (χ1n) is 7.93. The van der Waals surface area contributed by atoms with Gasteiger partial charge in [-0.3, -0.25) is 4.79 Å². The Labute approximate surface area is 133 Å². The molecule has 0 aliphatic rings. The van der Waals surface area contributed by atoms with Gasteiger partial charge in [0.25, 0.3) is 0 Å². The Balaban J connectivity index is 1.74. The second-order valence-corrected chi connectivity index (χ2v) is 6.05. The number of hydrogen-bond donors (Lipinski definition) is 1. The molecule has 0 aliphatic heterocycles. The molecular weight excluding hydrogens is 270 g/mol.